The molecule has 0 saturated carbocycles. The predicted molar refractivity (Wildman–Crippen MR) is 52.5 cm³/mol. The first-order chi connectivity index (χ1) is 6.75. The standard InChI is InChI=1S/C8H13F3N2OS/c1-7(12,8(9,10)11)6(14)13-5-2-3-15-4-5/h5H,2-4,12H2,1H3,(H,13,14). The van der Waals surface area contributed by atoms with Gasteiger partial charge in [-0.3, -0.25) is 4.79 Å². The molecular formula is C8H13F3N2OS. The van der Waals surface area contributed by atoms with E-state index in [9.17, 15) is 18.0 Å². The number of alkyl halides is 3. The first-order valence-corrected chi connectivity index (χ1v) is 5.65. The second-order valence-corrected chi connectivity index (χ2v) is 4.88. The number of rotatable bonds is 2. The maximum absolute atomic E-state index is 12.4. The summed E-state index contributed by atoms with van der Waals surface area (Å²) in [6.07, 6.45) is -4.02. The van der Waals surface area contributed by atoms with Gasteiger partial charge in [-0.1, -0.05) is 0 Å². The van der Waals surface area contributed by atoms with Crippen molar-refractivity contribution >= 4 is 17.7 Å². The number of carbonyl (C=O) groups is 1. The molecule has 0 aromatic heterocycles. The molecule has 0 bridgehead atoms. The summed E-state index contributed by atoms with van der Waals surface area (Å²) >= 11 is 1.61. The predicted octanol–water partition coefficient (Wildman–Crippen LogP) is 0.888. The van der Waals surface area contributed by atoms with Crippen LogP contribution < -0.4 is 11.1 Å². The van der Waals surface area contributed by atoms with E-state index in [4.69, 9.17) is 5.73 Å². The summed E-state index contributed by atoms with van der Waals surface area (Å²) in [6, 6.07) is -0.187. The Balaban J connectivity index is 2.59. The number of hydrogen-bond acceptors (Lipinski definition) is 3. The van der Waals surface area contributed by atoms with Crippen LogP contribution >= 0.6 is 11.8 Å². The monoisotopic (exact) mass is 242 g/mol. The summed E-state index contributed by atoms with van der Waals surface area (Å²) in [7, 11) is 0. The van der Waals surface area contributed by atoms with Crippen molar-refractivity contribution in [3.05, 3.63) is 0 Å². The van der Waals surface area contributed by atoms with Crippen LogP contribution in [0.1, 0.15) is 13.3 Å². The number of amides is 1. The van der Waals surface area contributed by atoms with Gasteiger partial charge in [0.25, 0.3) is 0 Å². The van der Waals surface area contributed by atoms with Crippen molar-refractivity contribution in [1.82, 2.24) is 5.32 Å². The lowest BCUT2D eigenvalue weighted by atomic mass is 10.0. The number of carbonyl (C=O) groups excluding carboxylic acids is 1. The van der Waals surface area contributed by atoms with Gasteiger partial charge in [0.15, 0.2) is 5.54 Å². The SMILES string of the molecule is CC(N)(C(=O)NC1CCSC1)C(F)(F)F. The molecule has 0 aromatic rings. The molecule has 3 N–H and O–H groups in total. The third-order valence-corrected chi connectivity index (χ3v) is 3.49. The molecule has 3 nitrogen and oxygen atoms in total. The minimum Gasteiger partial charge on any atom is -0.351 e. The zero-order valence-electron chi connectivity index (χ0n) is 8.23. The van der Waals surface area contributed by atoms with Crippen LogP contribution in [0.15, 0.2) is 0 Å². The van der Waals surface area contributed by atoms with Gasteiger partial charge in [-0.25, -0.2) is 0 Å². The quantitative estimate of drug-likeness (QED) is 0.756. The van der Waals surface area contributed by atoms with Crippen LogP contribution in [0.2, 0.25) is 0 Å². The van der Waals surface area contributed by atoms with E-state index in [2.05, 4.69) is 5.32 Å². The Morgan fingerprint density at radius 3 is 2.53 bits per heavy atom. The molecule has 1 amide bonds. The van der Waals surface area contributed by atoms with E-state index in [1.165, 1.54) is 0 Å². The lowest BCUT2D eigenvalue weighted by Gasteiger charge is -2.27. The van der Waals surface area contributed by atoms with Gasteiger partial charge in [0.1, 0.15) is 0 Å². The van der Waals surface area contributed by atoms with Crippen LogP contribution in [0.5, 0.6) is 0 Å². The molecule has 15 heavy (non-hydrogen) atoms. The molecule has 0 aromatic carbocycles. The Morgan fingerprint density at radius 1 is 1.53 bits per heavy atom. The molecule has 1 saturated heterocycles. The van der Waals surface area contributed by atoms with Crippen LogP contribution in [0.25, 0.3) is 0 Å². The Hall–Kier alpha value is -0.430. The number of thioether (sulfide) groups is 1. The van der Waals surface area contributed by atoms with Gasteiger partial charge in [-0.15, -0.1) is 0 Å². The highest BCUT2D eigenvalue weighted by Gasteiger charge is 2.54. The molecule has 1 rings (SSSR count). The molecule has 0 aliphatic carbocycles. The van der Waals surface area contributed by atoms with Gasteiger partial charge >= 0.3 is 6.18 Å². The fourth-order valence-electron chi connectivity index (χ4n) is 1.11. The number of halogens is 3. The van der Waals surface area contributed by atoms with Crippen LogP contribution in [0, 0.1) is 0 Å². The lowest BCUT2D eigenvalue weighted by molar-refractivity contribution is -0.187. The normalized spacial score (nSPS) is 26.1. The Morgan fingerprint density at radius 2 is 2.13 bits per heavy atom. The first kappa shape index (κ1) is 12.6. The minimum atomic E-state index is -4.72. The molecular weight excluding hydrogens is 229 g/mol. The molecule has 0 radical (unpaired) electrons. The van der Waals surface area contributed by atoms with E-state index in [1.54, 1.807) is 11.8 Å². The third-order valence-electron chi connectivity index (χ3n) is 2.33. The molecule has 1 aliphatic rings. The average molecular weight is 242 g/mol. The van der Waals surface area contributed by atoms with Crippen molar-refractivity contribution in [2.24, 2.45) is 5.73 Å². The van der Waals surface area contributed by atoms with Crippen LogP contribution in [0.4, 0.5) is 13.2 Å². The Labute approximate surface area is 90.0 Å². The molecule has 2 unspecified atom stereocenters. The Kier molecular flexibility index (Phi) is 3.55. The summed E-state index contributed by atoms with van der Waals surface area (Å²) in [6.45, 7) is 0.685. The summed E-state index contributed by atoms with van der Waals surface area (Å²) in [5, 5.41) is 2.32. The molecule has 88 valence electrons. The van der Waals surface area contributed by atoms with Crippen molar-refractivity contribution in [2.45, 2.75) is 31.1 Å². The highest BCUT2D eigenvalue weighted by atomic mass is 32.2. The molecule has 0 spiro atoms. The minimum absolute atomic E-state index is 0.187. The van der Waals surface area contributed by atoms with E-state index in [-0.39, 0.29) is 6.04 Å². The average Bonchev–Trinajstić information content (AvgIpc) is 2.54. The summed E-state index contributed by atoms with van der Waals surface area (Å²) < 4.78 is 37.1. The fraction of sp³-hybridized carbons (Fsp3) is 0.875. The third kappa shape index (κ3) is 2.78. The maximum Gasteiger partial charge on any atom is 0.415 e. The second kappa shape index (κ2) is 4.21. The number of nitrogens with two attached hydrogens (primary N) is 1. The van der Waals surface area contributed by atoms with Gasteiger partial charge < -0.3 is 11.1 Å². The van der Waals surface area contributed by atoms with Gasteiger partial charge in [0.2, 0.25) is 5.91 Å². The van der Waals surface area contributed by atoms with Gasteiger partial charge in [0, 0.05) is 11.8 Å². The largest absolute Gasteiger partial charge is 0.415 e. The molecule has 1 aliphatic heterocycles. The number of nitrogens with one attached hydrogen (secondary N) is 1. The molecule has 2 atom stereocenters. The van der Waals surface area contributed by atoms with Crippen LogP contribution in [-0.4, -0.2) is 35.2 Å². The van der Waals surface area contributed by atoms with Crippen molar-refractivity contribution in [1.29, 1.82) is 0 Å². The van der Waals surface area contributed by atoms with E-state index < -0.39 is 17.6 Å². The van der Waals surface area contributed by atoms with E-state index in [0.717, 1.165) is 5.75 Å². The van der Waals surface area contributed by atoms with E-state index >= 15 is 0 Å². The van der Waals surface area contributed by atoms with Crippen molar-refractivity contribution in [2.75, 3.05) is 11.5 Å². The number of hydrogen-bond donors (Lipinski definition) is 2. The summed E-state index contributed by atoms with van der Waals surface area (Å²) in [4.78, 5) is 11.3. The highest BCUT2D eigenvalue weighted by Crippen LogP contribution is 2.28. The molecule has 7 heteroatoms. The van der Waals surface area contributed by atoms with E-state index in [0.29, 0.717) is 19.1 Å². The lowest BCUT2D eigenvalue weighted by Crippen LogP contribution is -2.62. The fourth-order valence-corrected chi connectivity index (χ4v) is 2.26. The van der Waals surface area contributed by atoms with Crippen molar-refractivity contribution in [3.8, 4) is 0 Å². The molecule has 1 heterocycles. The van der Waals surface area contributed by atoms with Crippen LogP contribution in [0.3, 0.4) is 0 Å². The van der Waals surface area contributed by atoms with E-state index in [1.807, 2.05) is 0 Å². The second-order valence-electron chi connectivity index (χ2n) is 3.73. The Bertz CT molecular complexity index is 249. The van der Waals surface area contributed by atoms with Crippen molar-refractivity contribution in [3.63, 3.8) is 0 Å². The highest BCUT2D eigenvalue weighted by molar-refractivity contribution is 7.99. The van der Waals surface area contributed by atoms with Gasteiger partial charge in [-0.2, -0.15) is 24.9 Å². The summed E-state index contributed by atoms with van der Waals surface area (Å²) in [5.41, 5.74) is 2.17. The summed E-state index contributed by atoms with van der Waals surface area (Å²) in [5.74, 6) is 0.361. The maximum atomic E-state index is 12.4. The van der Waals surface area contributed by atoms with Crippen molar-refractivity contribution < 1.29 is 18.0 Å². The van der Waals surface area contributed by atoms with Gasteiger partial charge in [-0.05, 0) is 19.1 Å². The topological polar surface area (TPSA) is 55.1 Å². The zero-order valence-corrected chi connectivity index (χ0v) is 9.04. The first-order valence-electron chi connectivity index (χ1n) is 4.49. The molecule has 1 fully saturated rings. The zero-order chi connectivity index (χ0) is 11.7. The smallest absolute Gasteiger partial charge is 0.351 e. The van der Waals surface area contributed by atoms with Gasteiger partial charge in [0.05, 0.1) is 0 Å². The van der Waals surface area contributed by atoms with Crippen LogP contribution in [-0.2, 0) is 4.79 Å².